The second-order valence-corrected chi connectivity index (χ2v) is 7.14. The van der Waals surface area contributed by atoms with Crippen LogP contribution in [0.1, 0.15) is 5.56 Å². The highest BCUT2D eigenvalue weighted by molar-refractivity contribution is 8.18. The van der Waals surface area contributed by atoms with Gasteiger partial charge in [0.15, 0.2) is 0 Å². The maximum atomic E-state index is 12.9. The van der Waals surface area contributed by atoms with Crippen molar-refractivity contribution in [3.05, 3.63) is 63.8 Å². The second-order valence-electron chi connectivity index (χ2n) is 5.71. The summed E-state index contributed by atoms with van der Waals surface area (Å²) in [7, 11) is 1.48. The fourth-order valence-electron chi connectivity index (χ4n) is 2.47. The predicted molar refractivity (Wildman–Crippen MR) is 106 cm³/mol. The van der Waals surface area contributed by atoms with Crippen molar-refractivity contribution in [2.24, 2.45) is 0 Å². The van der Waals surface area contributed by atoms with Crippen molar-refractivity contribution in [2.75, 3.05) is 19.0 Å². The number of thioether (sulfide) groups is 1. The maximum absolute atomic E-state index is 12.9. The van der Waals surface area contributed by atoms with Crippen LogP contribution in [0.3, 0.4) is 0 Å². The van der Waals surface area contributed by atoms with Gasteiger partial charge in [0.05, 0.1) is 12.0 Å². The van der Waals surface area contributed by atoms with E-state index in [-0.39, 0.29) is 4.91 Å². The fourth-order valence-corrected chi connectivity index (χ4v) is 3.48. The molecule has 0 atom stereocenters. The van der Waals surface area contributed by atoms with Gasteiger partial charge in [-0.05, 0) is 60.3 Å². The van der Waals surface area contributed by atoms with E-state index in [1.54, 1.807) is 18.2 Å². The van der Waals surface area contributed by atoms with Gasteiger partial charge in [0, 0.05) is 16.3 Å². The van der Waals surface area contributed by atoms with Crippen molar-refractivity contribution < 1.29 is 23.5 Å². The molecule has 6 nitrogen and oxygen atoms in total. The van der Waals surface area contributed by atoms with Gasteiger partial charge >= 0.3 is 0 Å². The molecule has 28 heavy (non-hydrogen) atoms. The van der Waals surface area contributed by atoms with Gasteiger partial charge in [0.25, 0.3) is 11.1 Å². The number of carbonyl (C=O) groups is 3. The molecule has 0 bridgehead atoms. The van der Waals surface area contributed by atoms with Gasteiger partial charge in [-0.25, -0.2) is 4.39 Å². The second kappa shape index (κ2) is 8.45. The Morgan fingerprint density at radius 2 is 1.96 bits per heavy atom. The van der Waals surface area contributed by atoms with Gasteiger partial charge in [-0.3, -0.25) is 19.3 Å². The average molecular weight is 421 g/mol. The Morgan fingerprint density at radius 3 is 2.64 bits per heavy atom. The third kappa shape index (κ3) is 4.52. The molecule has 3 amide bonds. The zero-order valence-electron chi connectivity index (χ0n) is 14.6. The maximum Gasteiger partial charge on any atom is 0.294 e. The Kier molecular flexibility index (Phi) is 6.01. The number of benzene rings is 2. The Bertz CT molecular complexity index is 978. The number of amides is 3. The normalized spacial score (nSPS) is 15.2. The molecule has 0 unspecified atom stereocenters. The number of ether oxygens (including phenoxy) is 1. The van der Waals surface area contributed by atoms with Crippen LogP contribution in [0.15, 0.2) is 47.4 Å². The third-order valence-corrected chi connectivity index (χ3v) is 4.92. The minimum atomic E-state index is -0.591. The lowest BCUT2D eigenvalue weighted by molar-refractivity contribution is -0.127. The van der Waals surface area contributed by atoms with Crippen LogP contribution < -0.4 is 10.1 Å². The molecular weight excluding hydrogens is 407 g/mol. The first kappa shape index (κ1) is 19.9. The van der Waals surface area contributed by atoms with E-state index in [4.69, 9.17) is 16.3 Å². The van der Waals surface area contributed by atoms with Gasteiger partial charge in [-0.2, -0.15) is 0 Å². The summed E-state index contributed by atoms with van der Waals surface area (Å²) < 4.78 is 18.1. The standard InChI is InChI=1S/C19H14ClFN2O4S/c1-27-15-7-2-12(20)8-11(15)9-16-18(25)23(19(26)28-16)10-17(24)22-14-5-3-13(21)4-6-14/h2-9H,10H2,1H3,(H,22,24)/b16-9-. The number of methoxy groups -OCH3 is 1. The van der Waals surface area contributed by atoms with E-state index in [1.807, 2.05) is 0 Å². The predicted octanol–water partition coefficient (Wildman–Crippen LogP) is 4.16. The summed E-state index contributed by atoms with van der Waals surface area (Å²) in [4.78, 5) is 37.9. The number of imide groups is 1. The average Bonchev–Trinajstić information content (AvgIpc) is 2.91. The summed E-state index contributed by atoms with van der Waals surface area (Å²) in [6, 6.07) is 10.0. The highest BCUT2D eigenvalue weighted by Gasteiger charge is 2.36. The zero-order valence-corrected chi connectivity index (χ0v) is 16.1. The van der Waals surface area contributed by atoms with Gasteiger partial charge < -0.3 is 10.1 Å². The first-order valence-electron chi connectivity index (χ1n) is 8.01. The van der Waals surface area contributed by atoms with Crippen LogP contribution in [-0.4, -0.2) is 35.6 Å². The van der Waals surface area contributed by atoms with Crippen molar-refractivity contribution in [2.45, 2.75) is 0 Å². The van der Waals surface area contributed by atoms with E-state index in [2.05, 4.69) is 5.32 Å². The Morgan fingerprint density at radius 1 is 1.25 bits per heavy atom. The molecule has 1 heterocycles. The van der Waals surface area contributed by atoms with Gasteiger partial charge in [-0.1, -0.05) is 11.6 Å². The smallest absolute Gasteiger partial charge is 0.294 e. The first-order chi connectivity index (χ1) is 13.4. The highest BCUT2D eigenvalue weighted by Crippen LogP contribution is 2.34. The first-order valence-corrected chi connectivity index (χ1v) is 9.21. The molecule has 1 aliphatic rings. The van der Waals surface area contributed by atoms with E-state index in [9.17, 15) is 18.8 Å². The number of nitrogens with one attached hydrogen (secondary N) is 1. The molecule has 2 aromatic carbocycles. The summed E-state index contributed by atoms with van der Waals surface area (Å²) >= 11 is 6.70. The summed E-state index contributed by atoms with van der Waals surface area (Å²) in [5.41, 5.74) is 0.897. The molecule has 144 valence electrons. The van der Waals surface area contributed by atoms with E-state index < -0.39 is 29.4 Å². The lowest BCUT2D eigenvalue weighted by atomic mass is 10.2. The highest BCUT2D eigenvalue weighted by atomic mass is 35.5. The van der Waals surface area contributed by atoms with Crippen molar-refractivity contribution in [3.63, 3.8) is 0 Å². The molecule has 0 spiro atoms. The lowest BCUT2D eigenvalue weighted by Crippen LogP contribution is -2.36. The SMILES string of the molecule is COc1ccc(Cl)cc1/C=C1\SC(=O)N(CC(=O)Nc2ccc(F)cc2)C1=O. The van der Waals surface area contributed by atoms with Crippen LogP contribution in [0, 0.1) is 5.82 Å². The Hall–Kier alpha value is -2.84. The van der Waals surface area contributed by atoms with Crippen molar-refractivity contribution in [1.82, 2.24) is 4.90 Å². The summed E-state index contributed by atoms with van der Waals surface area (Å²) in [6.45, 7) is -0.452. The van der Waals surface area contributed by atoms with E-state index in [0.717, 1.165) is 16.7 Å². The van der Waals surface area contributed by atoms with Gasteiger partial charge in [0.1, 0.15) is 18.1 Å². The number of hydrogen-bond donors (Lipinski definition) is 1. The lowest BCUT2D eigenvalue weighted by Gasteiger charge is -2.12. The van der Waals surface area contributed by atoms with E-state index in [1.165, 1.54) is 37.5 Å². The molecule has 1 saturated heterocycles. The number of halogens is 2. The topological polar surface area (TPSA) is 75.7 Å². The molecule has 1 fully saturated rings. The number of rotatable bonds is 5. The molecule has 2 aromatic rings. The number of anilines is 1. The van der Waals surface area contributed by atoms with Crippen molar-refractivity contribution in [3.8, 4) is 5.75 Å². The molecule has 9 heteroatoms. The van der Waals surface area contributed by atoms with E-state index >= 15 is 0 Å². The molecule has 0 radical (unpaired) electrons. The van der Waals surface area contributed by atoms with Crippen LogP contribution >= 0.6 is 23.4 Å². The van der Waals surface area contributed by atoms with Crippen LogP contribution in [0.4, 0.5) is 14.9 Å². The van der Waals surface area contributed by atoms with Crippen molar-refractivity contribution >= 4 is 52.2 Å². The summed E-state index contributed by atoms with van der Waals surface area (Å²) in [5, 5.41) is 2.40. The zero-order chi connectivity index (χ0) is 20.3. The fraction of sp³-hybridized carbons (Fsp3) is 0.105. The summed E-state index contributed by atoms with van der Waals surface area (Å²) in [5.74, 6) is -1.11. The molecule has 1 aliphatic heterocycles. The molecular formula is C19H14ClFN2O4S. The van der Waals surface area contributed by atoms with Crippen molar-refractivity contribution in [1.29, 1.82) is 0 Å². The van der Waals surface area contributed by atoms with Gasteiger partial charge in [0.2, 0.25) is 5.91 Å². The van der Waals surface area contributed by atoms with Gasteiger partial charge in [-0.15, -0.1) is 0 Å². The largest absolute Gasteiger partial charge is 0.496 e. The van der Waals surface area contributed by atoms with Crippen LogP contribution in [-0.2, 0) is 9.59 Å². The molecule has 0 saturated carbocycles. The molecule has 0 aromatic heterocycles. The number of hydrogen-bond acceptors (Lipinski definition) is 5. The summed E-state index contributed by atoms with van der Waals surface area (Å²) in [6.07, 6.45) is 1.49. The van der Waals surface area contributed by atoms with E-state index in [0.29, 0.717) is 22.0 Å². The number of nitrogens with zero attached hydrogens (tertiary/aromatic N) is 1. The molecule has 1 N–H and O–H groups in total. The Labute approximate surface area is 169 Å². The van der Waals surface area contributed by atoms with Crippen LogP contribution in [0.25, 0.3) is 6.08 Å². The van der Waals surface area contributed by atoms with Crippen LogP contribution in [0.5, 0.6) is 5.75 Å². The Balaban J connectivity index is 1.74. The third-order valence-electron chi connectivity index (χ3n) is 3.78. The minimum Gasteiger partial charge on any atom is -0.496 e. The number of carbonyl (C=O) groups excluding carboxylic acids is 3. The minimum absolute atomic E-state index is 0.153. The monoisotopic (exact) mass is 420 g/mol. The molecule has 3 rings (SSSR count). The van der Waals surface area contributed by atoms with Crippen LogP contribution in [0.2, 0.25) is 5.02 Å². The quantitative estimate of drug-likeness (QED) is 0.735. The molecule has 0 aliphatic carbocycles.